The second-order valence-corrected chi connectivity index (χ2v) is 6.29. The molecule has 0 unspecified atom stereocenters. The average molecular weight is 325 g/mol. The monoisotopic (exact) mass is 325 g/mol. The Morgan fingerprint density at radius 2 is 2.04 bits per heavy atom. The summed E-state index contributed by atoms with van der Waals surface area (Å²) in [7, 11) is 0. The van der Waals surface area contributed by atoms with Crippen LogP contribution in [0.2, 0.25) is 0 Å². The molecule has 3 rings (SSSR count). The second kappa shape index (κ2) is 6.87. The molecule has 2 aromatic carbocycles. The zero-order chi connectivity index (χ0) is 16.2. The Morgan fingerprint density at radius 1 is 1.22 bits per heavy atom. The van der Waals surface area contributed by atoms with E-state index in [9.17, 15) is 4.79 Å². The fourth-order valence-electron chi connectivity index (χ4n) is 2.50. The van der Waals surface area contributed by atoms with Crippen molar-refractivity contribution < 1.29 is 4.79 Å². The van der Waals surface area contributed by atoms with Crippen LogP contribution >= 0.6 is 11.8 Å². The maximum Gasteiger partial charge on any atom is 0.237 e. The van der Waals surface area contributed by atoms with Gasteiger partial charge in [-0.25, -0.2) is 4.98 Å². The number of aryl methyl sites for hydroxylation is 1. The molecule has 0 saturated carbocycles. The lowest BCUT2D eigenvalue weighted by Gasteiger charge is -2.21. The summed E-state index contributed by atoms with van der Waals surface area (Å²) in [6, 6.07) is 15.9. The number of para-hydroxylation sites is 2. The molecule has 5 heteroatoms. The number of amides is 1. The molecule has 1 aromatic heterocycles. The van der Waals surface area contributed by atoms with Crippen molar-refractivity contribution in [3.8, 4) is 0 Å². The van der Waals surface area contributed by atoms with Gasteiger partial charge in [0.05, 0.1) is 16.8 Å². The van der Waals surface area contributed by atoms with Crippen LogP contribution < -0.4 is 4.90 Å². The molecule has 0 saturated heterocycles. The summed E-state index contributed by atoms with van der Waals surface area (Å²) in [5.74, 6) is 0.449. The topological polar surface area (TPSA) is 49.0 Å². The van der Waals surface area contributed by atoms with Gasteiger partial charge in [0.25, 0.3) is 0 Å². The lowest BCUT2D eigenvalue weighted by molar-refractivity contribution is -0.116. The van der Waals surface area contributed by atoms with E-state index in [2.05, 4.69) is 9.97 Å². The van der Waals surface area contributed by atoms with E-state index in [1.165, 1.54) is 11.8 Å². The molecule has 0 radical (unpaired) electrons. The van der Waals surface area contributed by atoms with Gasteiger partial charge in [-0.1, -0.05) is 36.0 Å². The van der Waals surface area contributed by atoms with Crippen LogP contribution in [0, 0.1) is 6.92 Å². The number of fused-ring (bicyclic) bond motifs is 1. The Bertz CT molecular complexity index is 795. The number of carbonyl (C=O) groups excluding carboxylic acids is 1. The second-order valence-electron chi connectivity index (χ2n) is 5.32. The predicted molar refractivity (Wildman–Crippen MR) is 96.0 cm³/mol. The number of aromatic nitrogens is 2. The lowest BCUT2D eigenvalue weighted by atomic mass is 10.2. The van der Waals surface area contributed by atoms with Gasteiger partial charge in [0.2, 0.25) is 5.91 Å². The number of carbonyl (C=O) groups is 1. The highest BCUT2D eigenvalue weighted by Crippen LogP contribution is 2.21. The van der Waals surface area contributed by atoms with Gasteiger partial charge >= 0.3 is 0 Å². The van der Waals surface area contributed by atoms with Crippen LogP contribution in [0.15, 0.2) is 53.7 Å². The summed E-state index contributed by atoms with van der Waals surface area (Å²) in [6.07, 6.45) is 0. The van der Waals surface area contributed by atoms with Gasteiger partial charge in [0, 0.05) is 12.2 Å². The minimum Gasteiger partial charge on any atom is -0.333 e. The first-order valence-corrected chi connectivity index (χ1v) is 8.60. The van der Waals surface area contributed by atoms with Crippen LogP contribution in [0.1, 0.15) is 12.5 Å². The van der Waals surface area contributed by atoms with Gasteiger partial charge in [0.15, 0.2) is 5.16 Å². The fourth-order valence-corrected chi connectivity index (χ4v) is 3.27. The molecule has 0 fully saturated rings. The molecule has 118 valence electrons. The summed E-state index contributed by atoms with van der Waals surface area (Å²) in [5, 5.41) is 0.778. The fraction of sp³-hybridized carbons (Fsp3) is 0.222. The SMILES string of the molecule is CCN(C(=O)CSc1nc2ccccc2[nH]1)c1cccc(C)c1. The Balaban J connectivity index is 1.70. The number of H-pyrrole nitrogens is 1. The smallest absolute Gasteiger partial charge is 0.237 e. The van der Waals surface area contributed by atoms with Gasteiger partial charge in [0.1, 0.15) is 0 Å². The van der Waals surface area contributed by atoms with Crippen molar-refractivity contribution in [3.63, 3.8) is 0 Å². The van der Waals surface area contributed by atoms with Gasteiger partial charge < -0.3 is 9.88 Å². The number of thioether (sulfide) groups is 1. The maximum atomic E-state index is 12.5. The molecule has 0 atom stereocenters. The Hall–Kier alpha value is -2.27. The number of benzene rings is 2. The molecule has 0 spiro atoms. The third-order valence-corrected chi connectivity index (χ3v) is 4.49. The Morgan fingerprint density at radius 3 is 2.78 bits per heavy atom. The van der Waals surface area contributed by atoms with Crippen molar-refractivity contribution in [2.24, 2.45) is 0 Å². The van der Waals surface area contributed by atoms with Crippen LogP contribution in [0.3, 0.4) is 0 Å². The molecule has 1 N–H and O–H groups in total. The third-order valence-electron chi connectivity index (χ3n) is 3.63. The Kier molecular flexibility index (Phi) is 4.67. The van der Waals surface area contributed by atoms with E-state index >= 15 is 0 Å². The minimum absolute atomic E-state index is 0.0866. The van der Waals surface area contributed by atoms with Crippen LogP contribution in [-0.2, 0) is 4.79 Å². The van der Waals surface area contributed by atoms with Crippen molar-refractivity contribution >= 4 is 34.4 Å². The first kappa shape index (κ1) is 15.6. The number of nitrogens with zero attached hydrogens (tertiary/aromatic N) is 2. The number of anilines is 1. The number of aromatic amines is 1. The number of rotatable bonds is 5. The largest absolute Gasteiger partial charge is 0.333 e. The average Bonchev–Trinajstić information content (AvgIpc) is 2.96. The van der Waals surface area contributed by atoms with Gasteiger partial charge in [-0.2, -0.15) is 0 Å². The predicted octanol–water partition coefficient (Wildman–Crippen LogP) is 4.02. The normalized spacial score (nSPS) is 10.9. The van der Waals surface area contributed by atoms with Crippen molar-refractivity contribution in [2.45, 2.75) is 19.0 Å². The van der Waals surface area contributed by atoms with E-state index in [0.29, 0.717) is 12.3 Å². The molecule has 4 nitrogen and oxygen atoms in total. The zero-order valence-corrected chi connectivity index (χ0v) is 14.1. The molecule has 0 aliphatic carbocycles. The standard InChI is InChI=1S/C18H19N3OS/c1-3-21(14-8-6-7-13(2)11-14)17(22)12-23-18-19-15-9-4-5-10-16(15)20-18/h4-11H,3,12H2,1-2H3,(H,19,20). The van der Waals surface area contributed by atoms with E-state index < -0.39 is 0 Å². The molecule has 3 aromatic rings. The van der Waals surface area contributed by atoms with E-state index in [-0.39, 0.29) is 5.91 Å². The molecule has 1 heterocycles. The van der Waals surface area contributed by atoms with E-state index in [4.69, 9.17) is 0 Å². The van der Waals surface area contributed by atoms with E-state index in [0.717, 1.165) is 27.4 Å². The van der Waals surface area contributed by atoms with Gasteiger partial charge in [-0.3, -0.25) is 4.79 Å². The summed E-state index contributed by atoms with van der Waals surface area (Å²) in [6.45, 7) is 4.68. The summed E-state index contributed by atoms with van der Waals surface area (Å²) < 4.78 is 0. The Labute approximate surface area is 139 Å². The van der Waals surface area contributed by atoms with E-state index in [1.54, 1.807) is 0 Å². The lowest BCUT2D eigenvalue weighted by Crippen LogP contribution is -2.32. The molecule has 0 aliphatic rings. The van der Waals surface area contributed by atoms with Crippen LogP contribution in [0.5, 0.6) is 0 Å². The number of imidazole rings is 1. The number of hydrogen-bond acceptors (Lipinski definition) is 3. The highest BCUT2D eigenvalue weighted by atomic mass is 32.2. The molecule has 0 aliphatic heterocycles. The molecular formula is C18H19N3OS. The van der Waals surface area contributed by atoms with Crippen LogP contribution in [0.4, 0.5) is 5.69 Å². The van der Waals surface area contributed by atoms with Crippen molar-refractivity contribution in [3.05, 3.63) is 54.1 Å². The minimum atomic E-state index is 0.0866. The summed E-state index contributed by atoms with van der Waals surface area (Å²) >= 11 is 1.44. The molecular weight excluding hydrogens is 306 g/mol. The highest BCUT2D eigenvalue weighted by Gasteiger charge is 2.15. The zero-order valence-electron chi connectivity index (χ0n) is 13.2. The summed E-state index contributed by atoms with van der Waals surface area (Å²) in [5.41, 5.74) is 4.02. The third kappa shape index (κ3) is 3.56. The summed E-state index contributed by atoms with van der Waals surface area (Å²) in [4.78, 5) is 22.1. The van der Waals surface area contributed by atoms with Gasteiger partial charge in [-0.15, -0.1) is 0 Å². The number of hydrogen-bond donors (Lipinski definition) is 1. The molecule has 1 amide bonds. The molecule has 0 bridgehead atoms. The van der Waals surface area contributed by atoms with Crippen LogP contribution in [0.25, 0.3) is 11.0 Å². The molecule has 23 heavy (non-hydrogen) atoms. The highest BCUT2D eigenvalue weighted by molar-refractivity contribution is 7.99. The van der Waals surface area contributed by atoms with E-state index in [1.807, 2.05) is 67.3 Å². The maximum absolute atomic E-state index is 12.5. The van der Waals surface area contributed by atoms with Crippen molar-refractivity contribution in [1.29, 1.82) is 0 Å². The quantitative estimate of drug-likeness (QED) is 0.721. The van der Waals surface area contributed by atoms with Gasteiger partial charge in [-0.05, 0) is 43.7 Å². The van der Waals surface area contributed by atoms with Crippen molar-refractivity contribution in [2.75, 3.05) is 17.2 Å². The first-order chi connectivity index (χ1) is 11.2. The number of nitrogens with one attached hydrogen (secondary N) is 1. The first-order valence-electron chi connectivity index (χ1n) is 7.62. The van der Waals surface area contributed by atoms with Crippen LogP contribution in [-0.4, -0.2) is 28.2 Å². The van der Waals surface area contributed by atoms with Crippen molar-refractivity contribution in [1.82, 2.24) is 9.97 Å².